The third kappa shape index (κ3) is 3.36. The van der Waals surface area contributed by atoms with Crippen LogP contribution in [0.5, 0.6) is 0 Å². The maximum absolute atomic E-state index is 14.8. The zero-order chi connectivity index (χ0) is 20.6. The Morgan fingerprint density at radius 2 is 1.79 bits per heavy atom. The molecule has 0 bridgehead atoms. The molecule has 2 amide bonds. The van der Waals surface area contributed by atoms with Gasteiger partial charge in [-0.2, -0.15) is 0 Å². The minimum atomic E-state index is -1.28. The number of carboxylic acid groups (broad SMARTS) is 1. The van der Waals surface area contributed by atoms with E-state index in [0.717, 1.165) is 11.1 Å². The molecule has 3 rings (SSSR count). The number of aliphatic carboxylic acids is 1. The highest BCUT2D eigenvalue weighted by Gasteiger charge is 2.34. The van der Waals surface area contributed by atoms with Crippen LogP contribution in [-0.4, -0.2) is 22.9 Å². The molecule has 0 aliphatic carbocycles. The smallest absolute Gasteiger partial charge is 0.333 e. The minimum absolute atomic E-state index is 0.0302. The number of anilines is 1. The molecule has 1 atom stereocenters. The normalized spacial score (nSPS) is 16.7. The van der Waals surface area contributed by atoms with Crippen molar-refractivity contribution in [2.24, 2.45) is 5.73 Å². The number of carboxylic acids is 1. The number of hydrogen-bond donors (Lipinski definition) is 2. The number of halogens is 2. The number of nitrogens with zero attached hydrogens (tertiary/aromatic N) is 1. The summed E-state index contributed by atoms with van der Waals surface area (Å²) in [5.41, 5.74) is 5.27. The van der Waals surface area contributed by atoms with E-state index < -0.39 is 35.3 Å². The van der Waals surface area contributed by atoms with E-state index in [1.165, 1.54) is 43.3 Å². The average molecular weight is 386 g/mol. The fourth-order valence-electron chi connectivity index (χ4n) is 3.21. The van der Waals surface area contributed by atoms with Gasteiger partial charge in [-0.05, 0) is 42.3 Å². The molecule has 1 aliphatic rings. The first-order valence-electron chi connectivity index (χ1n) is 8.32. The number of hydrogen-bond acceptors (Lipinski definition) is 3. The van der Waals surface area contributed by atoms with Gasteiger partial charge in [-0.1, -0.05) is 12.1 Å². The van der Waals surface area contributed by atoms with Crippen LogP contribution in [0.2, 0.25) is 0 Å². The lowest BCUT2D eigenvalue weighted by atomic mass is 9.85. The molecule has 0 saturated heterocycles. The van der Waals surface area contributed by atoms with Gasteiger partial charge in [0, 0.05) is 24.1 Å². The van der Waals surface area contributed by atoms with Crippen LogP contribution in [0.25, 0.3) is 0 Å². The van der Waals surface area contributed by atoms with Crippen molar-refractivity contribution in [3.8, 4) is 0 Å². The highest BCUT2D eigenvalue weighted by molar-refractivity contribution is 6.03. The zero-order valence-corrected chi connectivity index (χ0v) is 14.8. The van der Waals surface area contributed by atoms with E-state index in [-0.39, 0.29) is 28.8 Å². The third-order valence-electron chi connectivity index (χ3n) is 4.70. The summed E-state index contributed by atoms with van der Waals surface area (Å²) < 4.78 is 27.9. The summed E-state index contributed by atoms with van der Waals surface area (Å²) in [6.45, 7) is 1.34. The van der Waals surface area contributed by atoms with Crippen molar-refractivity contribution >= 4 is 23.5 Å². The van der Waals surface area contributed by atoms with Gasteiger partial charge in [0.1, 0.15) is 5.82 Å². The molecule has 1 heterocycles. The van der Waals surface area contributed by atoms with Crippen molar-refractivity contribution in [3.05, 3.63) is 76.5 Å². The van der Waals surface area contributed by atoms with E-state index in [2.05, 4.69) is 0 Å². The first kappa shape index (κ1) is 19.2. The van der Waals surface area contributed by atoms with Crippen LogP contribution in [0.15, 0.2) is 48.2 Å². The summed E-state index contributed by atoms with van der Waals surface area (Å²) >= 11 is 0. The number of carbonyl (C=O) groups is 3. The molecule has 3 N–H and O–H groups in total. The first-order valence-corrected chi connectivity index (χ1v) is 8.32. The average Bonchev–Trinajstić information content (AvgIpc) is 2.64. The quantitative estimate of drug-likeness (QED) is 0.844. The molecule has 0 spiro atoms. The van der Waals surface area contributed by atoms with E-state index in [0.29, 0.717) is 5.56 Å². The van der Waals surface area contributed by atoms with E-state index in [4.69, 9.17) is 5.73 Å². The van der Waals surface area contributed by atoms with Gasteiger partial charge in [0.25, 0.3) is 0 Å². The second kappa shape index (κ2) is 7.22. The molecule has 28 heavy (non-hydrogen) atoms. The van der Waals surface area contributed by atoms with Crippen molar-refractivity contribution < 1.29 is 28.3 Å². The molecular weight excluding hydrogens is 370 g/mol. The molecule has 2 aromatic rings. The van der Waals surface area contributed by atoms with Gasteiger partial charge < -0.3 is 10.8 Å². The Morgan fingerprint density at radius 3 is 2.36 bits per heavy atom. The molecule has 0 radical (unpaired) electrons. The Hall–Kier alpha value is -3.55. The topological polar surface area (TPSA) is 101 Å². The minimum Gasteiger partial charge on any atom is -0.478 e. The van der Waals surface area contributed by atoms with E-state index in [1.54, 1.807) is 0 Å². The van der Waals surface area contributed by atoms with Gasteiger partial charge >= 0.3 is 5.97 Å². The fraction of sp³-hybridized carbons (Fsp3) is 0.150. The zero-order valence-electron chi connectivity index (χ0n) is 14.8. The molecule has 144 valence electrons. The molecular formula is C20H16F2N2O4. The van der Waals surface area contributed by atoms with E-state index in [9.17, 15) is 28.3 Å². The van der Waals surface area contributed by atoms with Gasteiger partial charge in [0.2, 0.25) is 11.8 Å². The Balaban J connectivity index is 2.08. The number of primary amides is 1. The van der Waals surface area contributed by atoms with Crippen LogP contribution < -0.4 is 10.6 Å². The van der Waals surface area contributed by atoms with Gasteiger partial charge in [-0.3, -0.25) is 14.5 Å². The second-order valence-corrected chi connectivity index (χ2v) is 6.40. The number of rotatable bonds is 4. The first-order chi connectivity index (χ1) is 13.2. The Labute approximate surface area is 158 Å². The number of carbonyl (C=O) groups excluding carboxylic acids is 2. The highest BCUT2D eigenvalue weighted by Crippen LogP contribution is 2.36. The maximum atomic E-state index is 14.8. The maximum Gasteiger partial charge on any atom is 0.333 e. The SMILES string of the molecule is Cc1c(C(N)=O)ccc(N2C=C(C(=O)O)[C@H](c3ccc(F)cc3)CC2=O)c1F. The molecule has 8 heteroatoms. The Bertz CT molecular complexity index is 1020. The lowest BCUT2D eigenvalue weighted by molar-refractivity contribution is -0.133. The predicted molar refractivity (Wildman–Crippen MR) is 96.6 cm³/mol. The van der Waals surface area contributed by atoms with Crippen LogP contribution in [0, 0.1) is 18.6 Å². The van der Waals surface area contributed by atoms with Crippen LogP contribution in [-0.2, 0) is 9.59 Å². The van der Waals surface area contributed by atoms with Crippen LogP contribution in [0.1, 0.15) is 33.8 Å². The molecule has 1 aliphatic heterocycles. The van der Waals surface area contributed by atoms with E-state index in [1.807, 2.05) is 0 Å². The van der Waals surface area contributed by atoms with Crippen LogP contribution in [0.3, 0.4) is 0 Å². The molecule has 0 saturated carbocycles. The fourth-order valence-corrected chi connectivity index (χ4v) is 3.21. The van der Waals surface area contributed by atoms with Gasteiger partial charge in [0.15, 0.2) is 5.82 Å². The lowest BCUT2D eigenvalue weighted by Crippen LogP contribution is -2.35. The summed E-state index contributed by atoms with van der Waals surface area (Å²) in [7, 11) is 0. The van der Waals surface area contributed by atoms with Gasteiger partial charge in [-0.15, -0.1) is 0 Å². The summed E-state index contributed by atoms with van der Waals surface area (Å²) in [5, 5.41) is 9.58. The third-order valence-corrected chi connectivity index (χ3v) is 4.70. The molecule has 2 aromatic carbocycles. The van der Waals surface area contributed by atoms with Gasteiger partial charge in [0.05, 0.1) is 11.3 Å². The van der Waals surface area contributed by atoms with Crippen LogP contribution >= 0.6 is 0 Å². The summed E-state index contributed by atoms with van der Waals surface area (Å²) in [6.07, 6.45) is 0.823. The van der Waals surface area contributed by atoms with Crippen molar-refractivity contribution in [2.45, 2.75) is 19.3 Å². The molecule has 6 nitrogen and oxygen atoms in total. The van der Waals surface area contributed by atoms with Gasteiger partial charge in [-0.25, -0.2) is 13.6 Å². The highest BCUT2D eigenvalue weighted by atomic mass is 19.1. The molecule has 0 unspecified atom stereocenters. The predicted octanol–water partition coefficient (Wildman–Crippen LogP) is 2.86. The van der Waals surface area contributed by atoms with Crippen LogP contribution in [0.4, 0.5) is 14.5 Å². The van der Waals surface area contributed by atoms with Crippen molar-refractivity contribution in [2.75, 3.05) is 4.90 Å². The summed E-state index contributed by atoms with van der Waals surface area (Å²) in [4.78, 5) is 36.7. The number of nitrogens with two attached hydrogens (primary N) is 1. The molecule has 0 aromatic heterocycles. The van der Waals surface area contributed by atoms with E-state index >= 15 is 0 Å². The lowest BCUT2D eigenvalue weighted by Gasteiger charge is -2.30. The Kier molecular flexibility index (Phi) is 4.96. The standard InChI is InChI=1S/C20H16F2N2O4/c1-10-13(19(23)26)6-7-16(18(10)22)24-9-15(20(27)28)14(8-17(24)25)11-2-4-12(21)5-3-11/h2-7,9,14H,8H2,1H3,(H2,23,26)(H,27,28)/t14-/m0/s1. The Morgan fingerprint density at radius 1 is 1.14 bits per heavy atom. The molecule has 0 fully saturated rings. The summed E-state index contributed by atoms with van der Waals surface area (Å²) in [5.74, 6) is -4.75. The summed E-state index contributed by atoms with van der Waals surface area (Å²) in [6, 6.07) is 7.66. The van der Waals surface area contributed by atoms with Crippen molar-refractivity contribution in [1.29, 1.82) is 0 Å². The van der Waals surface area contributed by atoms with Crippen molar-refractivity contribution in [1.82, 2.24) is 0 Å². The van der Waals surface area contributed by atoms with Crippen molar-refractivity contribution in [3.63, 3.8) is 0 Å². The second-order valence-electron chi connectivity index (χ2n) is 6.40. The largest absolute Gasteiger partial charge is 0.478 e. The monoisotopic (exact) mass is 386 g/mol. The number of benzene rings is 2. The number of amides is 2.